The first-order valence-electron chi connectivity index (χ1n) is 8.34. The number of carbonyl (C=O) groups excluding carboxylic acids is 1. The molecule has 2 aromatic carbocycles. The van der Waals surface area contributed by atoms with E-state index in [0.717, 1.165) is 22.9 Å². The average molecular weight is 388 g/mol. The third kappa shape index (κ3) is 2.52. The summed E-state index contributed by atoms with van der Waals surface area (Å²) >= 11 is 12.4. The second kappa shape index (κ2) is 6.45. The Hall–Kier alpha value is -2.30. The Morgan fingerprint density at radius 3 is 2.77 bits per heavy atom. The van der Waals surface area contributed by atoms with Crippen LogP contribution in [0.4, 0.5) is 0 Å². The lowest BCUT2D eigenvalue weighted by atomic mass is 9.95. The van der Waals surface area contributed by atoms with Crippen molar-refractivity contribution >= 4 is 40.1 Å². The third-order valence-electron chi connectivity index (χ3n) is 4.65. The standard InChI is InChI=1S/C20H15Cl2NO3/c1-2-26-20(25)17-16(13-7-6-12(21)10-15(13)22)14-5-3-4-11-8-9-23(18(11)14)19(17)24/h3-7,10H,2,8-9H2,1H3. The number of para-hydroxylation sites is 1. The van der Waals surface area contributed by atoms with Crippen molar-refractivity contribution in [3.05, 3.63) is 67.9 Å². The maximum atomic E-state index is 13.1. The van der Waals surface area contributed by atoms with Crippen molar-refractivity contribution in [2.75, 3.05) is 6.61 Å². The van der Waals surface area contributed by atoms with Crippen LogP contribution in [0.2, 0.25) is 10.0 Å². The van der Waals surface area contributed by atoms with E-state index >= 15 is 0 Å². The summed E-state index contributed by atoms with van der Waals surface area (Å²) in [6.07, 6.45) is 0.757. The molecule has 0 N–H and O–H groups in total. The number of hydrogen-bond donors (Lipinski definition) is 0. The molecule has 6 heteroatoms. The number of halogens is 2. The third-order valence-corrected chi connectivity index (χ3v) is 5.20. The molecule has 0 atom stereocenters. The van der Waals surface area contributed by atoms with Crippen LogP contribution < -0.4 is 5.56 Å². The maximum absolute atomic E-state index is 13.1. The summed E-state index contributed by atoms with van der Waals surface area (Å²) in [6.45, 7) is 2.45. The lowest BCUT2D eigenvalue weighted by Crippen LogP contribution is -2.27. The van der Waals surface area contributed by atoms with E-state index in [1.54, 1.807) is 29.7 Å². The van der Waals surface area contributed by atoms with Gasteiger partial charge in [0.1, 0.15) is 5.56 Å². The zero-order valence-electron chi connectivity index (χ0n) is 14.0. The van der Waals surface area contributed by atoms with E-state index in [2.05, 4.69) is 0 Å². The molecule has 2 heterocycles. The Kier molecular flexibility index (Phi) is 4.25. The highest BCUT2D eigenvalue weighted by Crippen LogP contribution is 2.38. The van der Waals surface area contributed by atoms with Gasteiger partial charge in [0, 0.05) is 33.1 Å². The molecule has 0 radical (unpaired) electrons. The molecule has 3 aromatic rings. The SMILES string of the molecule is CCOC(=O)c1c(-c2ccc(Cl)cc2Cl)c2cccc3c2n(c1=O)CC3. The number of ether oxygens (including phenoxy) is 1. The topological polar surface area (TPSA) is 48.3 Å². The average Bonchev–Trinajstić information content (AvgIpc) is 3.04. The van der Waals surface area contributed by atoms with Crippen LogP contribution in [0.15, 0.2) is 41.2 Å². The van der Waals surface area contributed by atoms with Crippen molar-refractivity contribution < 1.29 is 9.53 Å². The predicted molar refractivity (Wildman–Crippen MR) is 103 cm³/mol. The summed E-state index contributed by atoms with van der Waals surface area (Å²) in [4.78, 5) is 25.8. The van der Waals surface area contributed by atoms with Crippen LogP contribution in [0.1, 0.15) is 22.8 Å². The molecule has 1 aliphatic rings. The predicted octanol–water partition coefficient (Wildman–Crippen LogP) is 4.71. The fraction of sp³-hybridized carbons (Fsp3) is 0.200. The quantitative estimate of drug-likeness (QED) is 0.611. The summed E-state index contributed by atoms with van der Waals surface area (Å²) in [7, 11) is 0. The summed E-state index contributed by atoms with van der Waals surface area (Å²) in [5, 5.41) is 1.68. The molecule has 0 saturated carbocycles. The first-order valence-corrected chi connectivity index (χ1v) is 9.09. The van der Waals surface area contributed by atoms with Crippen molar-refractivity contribution in [1.82, 2.24) is 4.57 Å². The molecule has 0 bridgehead atoms. The highest BCUT2D eigenvalue weighted by atomic mass is 35.5. The van der Waals surface area contributed by atoms with Gasteiger partial charge in [-0.25, -0.2) is 4.79 Å². The Balaban J connectivity index is 2.18. The molecule has 0 aliphatic carbocycles. The van der Waals surface area contributed by atoms with Gasteiger partial charge in [0.15, 0.2) is 0 Å². The zero-order valence-corrected chi connectivity index (χ0v) is 15.5. The van der Waals surface area contributed by atoms with Crippen molar-refractivity contribution in [3.63, 3.8) is 0 Å². The molecule has 0 fully saturated rings. The van der Waals surface area contributed by atoms with E-state index in [1.807, 2.05) is 18.2 Å². The Labute approximate surface area is 159 Å². The van der Waals surface area contributed by atoms with E-state index in [-0.39, 0.29) is 17.7 Å². The lowest BCUT2D eigenvalue weighted by molar-refractivity contribution is 0.0525. The number of benzene rings is 2. The van der Waals surface area contributed by atoms with Gasteiger partial charge in [-0.2, -0.15) is 0 Å². The minimum absolute atomic E-state index is 0.0163. The normalized spacial score (nSPS) is 12.6. The van der Waals surface area contributed by atoms with Crippen LogP contribution in [0, 0.1) is 0 Å². The van der Waals surface area contributed by atoms with Crippen LogP contribution in [0.3, 0.4) is 0 Å². The molecule has 1 aliphatic heterocycles. The number of carbonyl (C=O) groups is 1. The van der Waals surface area contributed by atoms with Gasteiger partial charge in [-0.1, -0.05) is 47.5 Å². The molecule has 0 amide bonds. The smallest absolute Gasteiger partial charge is 0.344 e. The largest absolute Gasteiger partial charge is 0.462 e. The lowest BCUT2D eigenvalue weighted by Gasteiger charge is -2.16. The molecule has 1 aromatic heterocycles. The van der Waals surface area contributed by atoms with E-state index in [0.29, 0.717) is 27.7 Å². The first kappa shape index (κ1) is 17.1. The van der Waals surface area contributed by atoms with Crippen LogP contribution >= 0.6 is 23.2 Å². The van der Waals surface area contributed by atoms with Gasteiger partial charge in [-0.05, 0) is 31.0 Å². The highest BCUT2D eigenvalue weighted by Gasteiger charge is 2.28. The van der Waals surface area contributed by atoms with Crippen LogP contribution in [0.5, 0.6) is 0 Å². The number of nitrogens with zero attached hydrogens (tertiary/aromatic N) is 1. The molecule has 0 spiro atoms. The molecular weight excluding hydrogens is 373 g/mol. The number of aromatic nitrogens is 1. The molecule has 0 unspecified atom stereocenters. The van der Waals surface area contributed by atoms with Gasteiger partial charge in [0.2, 0.25) is 0 Å². The number of aryl methyl sites for hydroxylation is 2. The summed E-state index contributed by atoms with van der Waals surface area (Å²) < 4.78 is 6.84. The Morgan fingerprint density at radius 1 is 1.23 bits per heavy atom. The van der Waals surface area contributed by atoms with E-state index in [9.17, 15) is 9.59 Å². The fourth-order valence-corrected chi connectivity index (χ4v) is 4.10. The number of hydrogen-bond acceptors (Lipinski definition) is 3. The Morgan fingerprint density at radius 2 is 2.04 bits per heavy atom. The number of pyridine rings is 1. The van der Waals surface area contributed by atoms with Crippen molar-refractivity contribution in [1.29, 1.82) is 0 Å². The van der Waals surface area contributed by atoms with Gasteiger partial charge in [-0.3, -0.25) is 4.79 Å². The summed E-state index contributed by atoms with van der Waals surface area (Å²) in [5.74, 6) is -0.638. The highest BCUT2D eigenvalue weighted by molar-refractivity contribution is 6.37. The van der Waals surface area contributed by atoms with Gasteiger partial charge < -0.3 is 9.30 Å². The van der Waals surface area contributed by atoms with Crippen LogP contribution in [-0.2, 0) is 17.7 Å². The van der Waals surface area contributed by atoms with Crippen LogP contribution in [-0.4, -0.2) is 17.1 Å². The van der Waals surface area contributed by atoms with Crippen molar-refractivity contribution in [3.8, 4) is 11.1 Å². The monoisotopic (exact) mass is 387 g/mol. The summed E-state index contributed by atoms with van der Waals surface area (Å²) in [5.41, 5.74) is 2.70. The molecule has 132 valence electrons. The van der Waals surface area contributed by atoms with E-state index in [4.69, 9.17) is 27.9 Å². The molecule has 26 heavy (non-hydrogen) atoms. The Bertz CT molecular complexity index is 1120. The number of rotatable bonds is 3. The van der Waals surface area contributed by atoms with E-state index < -0.39 is 5.97 Å². The molecular formula is C20H15Cl2NO3. The molecule has 4 nitrogen and oxygen atoms in total. The molecule has 4 rings (SSSR count). The van der Waals surface area contributed by atoms with Gasteiger partial charge in [0.05, 0.1) is 12.1 Å². The fourth-order valence-electron chi connectivity index (χ4n) is 3.60. The molecule has 0 saturated heterocycles. The minimum atomic E-state index is -0.638. The second-order valence-corrected chi connectivity index (χ2v) is 6.96. The van der Waals surface area contributed by atoms with Crippen molar-refractivity contribution in [2.45, 2.75) is 19.9 Å². The van der Waals surface area contributed by atoms with E-state index in [1.165, 1.54) is 0 Å². The van der Waals surface area contributed by atoms with Crippen molar-refractivity contribution in [2.24, 2.45) is 0 Å². The first-order chi connectivity index (χ1) is 12.5. The minimum Gasteiger partial charge on any atom is -0.462 e. The summed E-state index contributed by atoms with van der Waals surface area (Å²) in [6, 6.07) is 10.9. The van der Waals surface area contributed by atoms with Gasteiger partial charge >= 0.3 is 5.97 Å². The van der Waals surface area contributed by atoms with Gasteiger partial charge in [-0.15, -0.1) is 0 Å². The maximum Gasteiger partial charge on any atom is 0.344 e. The van der Waals surface area contributed by atoms with Gasteiger partial charge in [0.25, 0.3) is 5.56 Å². The van der Waals surface area contributed by atoms with Crippen LogP contribution in [0.25, 0.3) is 22.0 Å². The second-order valence-electron chi connectivity index (χ2n) is 6.11. The zero-order chi connectivity index (χ0) is 18.4. The number of esters is 1.